The maximum atomic E-state index is 5.44. The summed E-state index contributed by atoms with van der Waals surface area (Å²) in [5.74, 6) is 0.952. The van der Waals surface area contributed by atoms with Gasteiger partial charge in [-0.15, -0.1) is 0 Å². The summed E-state index contributed by atoms with van der Waals surface area (Å²) in [7, 11) is 1.90. The van der Waals surface area contributed by atoms with Crippen molar-refractivity contribution in [2.24, 2.45) is 7.05 Å². The van der Waals surface area contributed by atoms with Gasteiger partial charge in [-0.3, -0.25) is 14.8 Å². The van der Waals surface area contributed by atoms with E-state index in [4.69, 9.17) is 9.72 Å². The number of rotatable bonds is 3. The van der Waals surface area contributed by atoms with Crippen molar-refractivity contribution in [3.63, 3.8) is 0 Å². The number of aromatic nitrogens is 6. The minimum atomic E-state index is 0.734. The highest BCUT2D eigenvalue weighted by molar-refractivity contribution is 5.93. The van der Waals surface area contributed by atoms with Crippen LogP contribution in [0.5, 0.6) is 0 Å². The van der Waals surface area contributed by atoms with Crippen LogP contribution in [0.4, 0.5) is 5.82 Å². The fourth-order valence-corrected chi connectivity index (χ4v) is 3.35. The van der Waals surface area contributed by atoms with Crippen LogP contribution in [0.25, 0.3) is 33.5 Å². The van der Waals surface area contributed by atoms with Crippen LogP contribution in [0.1, 0.15) is 0 Å². The molecule has 0 radical (unpaired) electrons. The number of fused-ring (bicyclic) bond motifs is 1. The normalized spacial score (nSPS) is 14.8. The standard InChI is InChI=1S/C19H19N7O/c1-25-12-13(10-21-25)16-9-14-17(11-20-16)23-24-19(14)15-3-2-4-18(22-15)26-5-7-27-8-6-26/h2-4,9-12H,5-8H2,1H3,(H,23,24). The van der Waals surface area contributed by atoms with Crippen molar-refractivity contribution in [1.82, 2.24) is 29.9 Å². The summed E-state index contributed by atoms with van der Waals surface area (Å²) in [6, 6.07) is 8.08. The lowest BCUT2D eigenvalue weighted by atomic mass is 10.1. The summed E-state index contributed by atoms with van der Waals surface area (Å²) in [6.07, 6.45) is 5.57. The molecule has 0 bridgehead atoms. The molecule has 0 spiro atoms. The first-order valence-electron chi connectivity index (χ1n) is 8.91. The summed E-state index contributed by atoms with van der Waals surface area (Å²) < 4.78 is 7.21. The Kier molecular flexibility index (Phi) is 3.83. The molecular weight excluding hydrogens is 342 g/mol. The van der Waals surface area contributed by atoms with Crippen LogP contribution in [0.15, 0.2) is 42.9 Å². The lowest BCUT2D eigenvalue weighted by molar-refractivity contribution is 0.122. The Morgan fingerprint density at radius 2 is 2.00 bits per heavy atom. The smallest absolute Gasteiger partial charge is 0.129 e. The highest BCUT2D eigenvalue weighted by atomic mass is 16.5. The number of pyridine rings is 2. The number of aromatic amines is 1. The Morgan fingerprint density at radius 1 is 1.11 bits per heavy atom. The summed E-state index contributed by atoms with van der Waals surface area (Å²) in [4.78, 5) is 11.6. The first kappa shape index (κ1) is 16.0. The second kappa shape index (κ2) is 6.48. The molecule has 0 atom stereocenters. The van der Waals surface area contributed by atoms with Crippen molar-refractivity contribution in [3.8, 4) is 22.6 Å². The average molecular weight is 361 g/mol. The highest BCUT2D eigenvalue weighted by Gasteiger charge is 2.16. The molecule has 1 N–H and O–H groups in total. The topological polar surface area (TPSA) is 84.8 Å². The van der Waals surface area contributed by atoms with E-state index in [-0.39, 0.29) is 0 Å². The molecule has 1 aliphatic rings. The molecule has 5 rings (SSSR count). The zero-order valence-corrected chi connectivity index (χ0v) is 15.0. The number of hydrogen-bond acceptors (Lipinski definition) is 6. The number of H-pyrrole nitrogens is 1. The molecule has 27 heavy (non-hydrogen) atoms. The van der Waals surface area contributed by atoms with Crippen molar-refractivity contribution in [2.75, 3.05) is 31.2 Å². The minimum absolute atomic E-state index is 0.734. The van der Waals surface area contributed by atoms with E-state index in [1.807, 2.05) is 43.7 Å². The van der Waals surface area contributed by atoms with Crippen LogP contribution in [-0.4, -0.2) is 56.2 Å². The van der Waals surface area contributed by atoms with E-state index < -0.39 is 0 Å². The van der Waals surface area contributed by atoms with Gasteiger partial charge in [-0.05, 0) is 18.2 Å². The Bertz CT molecular complexity index is 1090. The van der Waals surface area contributed by atoms with E-state index in [2.05, 4.69) is 25.2 Å². The van der Waals surface area contributed by atoms with E-state index >= 15 is 0 Å². The predicted molar refractivity (Wildman–Crippen MR) is 102 cm³/mol. The summed E-state index contributed by atoms with van der Waals surface area (Å²) in [5.41, 5.74) is 4.39. The van der Waals surface area contributed by atoms with Crippen LogP contribution in [0.3, 0.4) is 0 Å². The molecule has 8 heteroatoms. The molecule has 1 aliphatic heterocycles. The van der Waals surface area contributed by atoms with Crippen LogP contribution in [0, 0.1) is 0 Å². The number of nitrogens with zero attached hydrogens (tertiary/aromatic N) is 6. The van der Waals surface area contributed by atoms with Crippen LogP contribution in [-0.2, 0) is 11.8 Å². The van der Waals surface area contributed by atoms with Crippen molar-refractivity contribution < 1.29 is 4.74 Å². The highest BCUT2D eigenvalue weighted by Crippen LogP contribution is 2.29. The van der Waals surface area contributed by atoms with Gasteiger partial charge in [0.2, 0.25) is 0 Å². The van der Waals surface area contributed by atoms with Crippen molar-refractivity contribution in [1.29, 1.82) is 0 Å². The fraction of sp³-hybridized carbons (Fsp3) is 0.263. The van der Waals surface area contributed by atoms with E-state index in [1.54, 1.807) is 10.9 Å². The lowest BCUT2D eigenvalue weighted by Crippen LogP contribution is -2.36. The summed E-state index contributed by atoms with van der Waals surface area (Å²) >= 11 is 0. The third kappa shape index (κ3) is 2.93. The van der Waals surface area contributed by atoms with Gasteiger partial charge in [-0.25, -0.2) is 4.98 Å². The third-order valence-corrected chi connectivity index (χ3v) is 4.76. The first-order valence-corrected chi connectivity index (χ1v) is 8.91. The van der Waals surface area contributed by atoms with Gasteiger partial charge in [0.15, 0.2) is 0 Å². The molecule has 1 fully saturated rings. The van der Waals surface area contributed by atoms with Gasteiger partial charge in [0.05, 0.1) is 42.5 Å². The van der Waals surface area contributed by atoms with Crippen molar-refractivity contribution in [3.05, 3.63) is 42.9 Å². The average Bonchev–Trinajstić information content (AvgIpc) is 3.34. The fourth-order valence-electron chi connectivity index (χ4n) is 3.35. The zero-order chi connectivity index (χ0) is 18.2. The molecule has 0 aromatic carbocycles. The summed E-state index contributed by atoms with van der Waals surface area (Å²) in [5, 5.41) is 12.8. The van der Waals surface area contributed by atoms with E-state index in [9.17, 15) is 0 Å². The number of anilines is 1. The van der Waals surface area contributed by atoms with E-state index in [1.165, 1.54) is 0 Å². The van der Waals surface area contributed by atoms with Crippen LogP contribution >= 0.6 is 0 Å². The quantitative estimate of drug-likeness (QED) is 0.602. The number of morpholine rings is 1. The van der Waals surface area contributed by atoms with Gasteiger partial charge in [-0.2, -0.15) is 10.2 Å². The summed E-state index contributed by atoms with van der Waals surface area (Å²) in [6.45, 7) is 3.18. The maximum Gasteiger partial charge on any atom is 0.129 e. The second-order valence-electron chi connectivity index (χ2n) is 6.57. The molecule has 8 nitrogen and oxygen atoms in total. The number of hydrogen-bond donors (Lipinski definition) is 1. The van der Waals surface area contributed by atoms with Gasteiger partial charge in [-0.1, -0.05) is 6.07 Å². The molecule has 4 aromatic heterocycles. The van der Waals surface area contributed by atoms with E-state index in [0.717, 1.165) is 65.7 Å². The van der Waals surface area contributed by atoms with Gasteiger partial charge >= 0.3 is 0 Å². The predicted octanol–water partition coefficient (Wildman–Crippen LogP) is 2.26. The van der Waals surface area contributed by atoms with Crippen LogP contribution in [0.2, 0.25) is 0 Å². The molecule has 5 heterocycles. The molecule has 0 amide bonds. The molecule has 0 aliphatic carbocycles. The third-order valence-electron chi connectivity index (χ3n) is 4.76. The molecule has 4 aromatic rings. The Labute approximate surface area is 155 Å². The van der Waals surface area contributed by atoms with Crippen LogP contribution < -0.4 is 4.90 Å². The lowest BCUT2D eigenvalue weighted by Gasteiger charge is -2.27. The number of ether oxygens (including phenoxy) is 1. The monoisotopic (exact) mass is 361 g/mol. The van der Waals surface area contributed by atoms with Gasteiger partial charge in [0, 0.05) is 37.3 Å². The van der Waals surface area contributed by atoms with Gasteiger partial charge < -0.3 is 9.64 Å². The Balaban J connectivity index is 1.56. The van der Waals surface area contributed by atoms with Gasteiger partial charge in [0.1, 0.15) is 11.5 Å². The molecule has 136 valence electrons. The molecule has 1 saturated heterocycles. The minimum Gasteiger partial charge on any atom is -0.378 e. The maximum absolute atomic E-state index is 5.44. The number of nitrogens with one attached hydrogen (secondary N) is 1. The first-order chi connectivity index (χ1) is 13.3. The Morgan fingerprint density at radius 3 is 2.81 bits per heavy atom. The molecule has 0 saturated carbocycles. The zero-order valence-electron chi connectivity index (χ0n) is 15.0. The molecular formula is C19H19N7O. The van der Waals surface area contributed by atoms with E-state index in [0.29, 0.717) is 0 Å². The Hall–Kier alpha value is -3.26. The van der Waals surface area contributed by atoms with Crippen molar-refractivity contribution in [2.45, 2.75) is 0 Å². The number of aryl methyl sites for hydroxylation is 1. The SMILES string of the molecule is Cn1cc(-c2cc3c(-c4cccc(N5CCOCC5)n4)n[nH]c3cn2)cn1. The second-order valence-corrected chi connectivity index (χ2v) is 6.57. The largest absolute Gasteiger partial charge is 0.378 e. The molecule has 0 unspecified atom stereocenters. The van der Waals surface area contributed by atoms with Gasteiger partial charge in [0.25, 0.3) is 0 Å². The van der Waals surface area contributed by atoms with Crippen molar-refractivity contribution >= 4 is 16.7 Å².